The molecule has 8 nitrogen and oxygen atoms in total. The second kappa shape index (κ2) is 9.07. The zero-order chi connectivity index (χ0) is 25.4. The molecular formula is C28H21NO7. The Hall–Kier alpha value is -4.85. The van der Waals surface area contributed by atoms with E-state index in [1.54, 1.807) is 48.7 Å². The molecule has 0 aliphatic carbocycles. The molecular weight excluding hydrogens is 462 g/mol. The molecule has 0 saturated carbocycles. The molecule has 5 rings (SSSR count). The number of ether oxygens (including phenoxy) is 1. The number of hydrogen-bond donors (Lipinski definition) is 3. The SMILES string of the molecule is COC(=O)CC(c1cccc2cccnc12)c1c(O)c(O)c(O)c2c(=O)cc(-c3ccccc3)oc12. The smallest absolute Gasteiger partial charge is 0.306 e. The number of nitrogens with zero attached hydrogens (tertiary/aromatic N) is 1. The van der Waals surface area contributed by atoms with Crippen LogP contribution in [0, 0.1) is 0 Å². The lowest BCUT2D eigenvalue weighted by Crippen LogP contribution is -2.13. The van der Waals surface area contributed by atoms with Gasteiger partial charge in [0.1, 0.15) is 16.7 Å². The molecule has 180 valence electrons. The Kier molecular flexibility index (Phi) is 5.77. The number of phenols is 3. The molecule has 0 bridgehead atoms. The van der Waals surface area contributed by atoms with E-state index in [4.69, 9.17) is 9.15 Å². The summed E-state index contributed by atoms with van der Waals surface area (Å²) in [6.07, 6.45) is 1.33. The van der Waals surface area contributed by atoms with Gasteiger partial charge in [0.05, 0.1) is 19.0 Å². The Morgan fingerprint density at radius 3 is 2.47 bits per heavy atom. The summed E-state index contributed by atoms with van der Waals surface area (Å²) >= 11 is 0. The van der Waals surface area contributed by atoms with Gasteiger partial charge < -0.3 is 24.5 Å². The van der Waals surface area contributed by atoms with Gasteiger partial charge in [0.2, 0.25) is 5.75 Å². The monoisotopic (exact) mass is 483 g/mol. The number of aromatic hydroxyl groups is 3. The fourth-order valence-electron chi connectivity index (χ4n) is 4.47. The largest absolute Gasteiger partial charge is 0.504 e. The van der Waals surface area contributed by atoms with Gasteiger partial charge in [0, 0.05) is 34.7 Å². The van der Waals surface area contributed by atoms with Crippen LogP contribution in [-0.4, -0.2) is 33.4 Å². The van der Waals surface area contributed by atoms with Crippen molar-refractivity contribution in [1.82, 2.24) is 4.98 Å². The maximum Gasteiger partial charge on any atom is 0.306 e. The van der Waals surface area contributed by atoms with Gasteiger partial charge in [-0.3, -0.25) is 14.6 Å². The quantitative estimate of drug-likeness (QED) is 0.240. The fourth-order valence-corrected chi connectivity index (χ4v) is 4.47. The highest BCUT2D eigenvalue weighted by Crippen LogP contribution is 2.50. The molecule has 0 amide bonds. The van der Waals surface area contributed by atoms with Gasteiger partial charge >= 0.3 is 5.97 Å². The van der Waals surface area contributed by atoms with E-state index in [9.17, 15) is 24.9 Å². The van der Waals surface area contributed by atoms with E-state index in [1.807, 2.05) is 18.2 Å². The van der Waals surface area contributed by atoms with Crippen molar-refractivity contribution in [3.05, 3.63) is 94.3 Å². The molecule has 3 aromatic carbocycles. The van der Waals surface area contributed by atoms with Crippen LogP contribution in [0.15, 0.2) is 82.1 Å². The number of esters is 1. The molecule has 0 aliphatic rings. The molecule has 0 spiro atoms. The number of para-hydroxylation sites is 1. The van der Waals surface area contributed by atoms with Crippen molar-refractivity contribution >= 4 is 27.8 Å². The average molecular weight is 483 g/mol. The first-order valence-corrected chi connectivity index (χ1v) is 11.1. The van der Waals surface area contributed by atoms with Crippen molar-refractivity contribution in [2.45, 2.75) is 12.3 Å². The number of methoxy groups -OCH3 is 1. The normalized spacial score (nSPS) is 12.0. The average Bonchev–Trinajstić information content (AvgIpc) is 2.91. The Bertz CT molecular complexity index is 1670. The zero-order valence-electron chi connectivity index (χ0n) is 19.1. The first-order valence-electron chi connectivity index (χ1n) is 11.1. The van der Waals surface area contributed by atoms with Crippen LogP contribution in [0.3, 0.4) is 0 Å². The number of phenolic OH excluding ortho intramolecular Hbond substituents is 3. The molecule has 0 radical (unpaired) electrons. The maximum absolute atomic E-state index is 13.1. The molecule has 1 atom stereocenters. The number of fused-ring (bicyclic) bond motifs is 2. The summed E-state index contributed by atoms with van der Waals surface area (Å²) < 4.78 is 11.0. The van der Waals surface area contributed by atoms with Crippen molar-refractivity contribution in [2.75, 3.05) is 7.11 Å². The summed E-state index contributed by atoms with van der Waals surface area (Å²) in [6, 6.07) is 19.0. The van der Waals surface area contributed by atoms with Crippen LogP contribution in [0.4, 0.5) is 0 Å². The van der Waals surface area contributed by atoms with E-state index in [0.717, 1.165) is 5.39 Å². The number of rotatable bonds is 5. The highest BCUT2D eigenvalue weighted by atomic mass is 16.5. The molecule has 0 fully saturated rings. The number of pyridine rings is 1. The summed E-state index contributed by atoms with van der Waals surface area (Å²) in [5, 5.41) is 32.7. The number of benzene rings is 3. The lowest BCUT2D eigenvalue weighted by Gasteiger charge is -2.22. The molecule has 8 heteroatoms. The van der Waals surface area contributed by atoms with Gasteiger partial charge in [0.15, 0.2) is 16.9 Å². The van der Waals surface area contributed by atoms with E-state index in [2.05, 4.69) is 4.98 Å². The number of carbonyl (C=O) groups is 1. The van der Waals surface area contributed by atoms with Gasteiger partial charge in [-0.05, 0) is 11.6 Å². The summed E-state index contributed by atoms with van der Waals surface area (Å²) in [5.41, 5.74) is 0.848. The minimum atomic E-state index is -0.945. The Balaban J connectivity index is 1.90. The van der Waals surface area contributed by atoms with Crippen LogP contribution in [0.1, 0.15) is 23.5 Å². The Morgan fingerprint density at radius 1 is 0.972 bits per heavy atom. The van der Waals surface area contributed by atoms with Gasteiger partial charge in [-0.25, -0.2) is 0 Å². The van der Waals surface area contributed by atoms with Crippen LogP contribution >= 0.6 is 0 Å². The molecule has 5 aromatic rings. The van der Waals surface area contributed by atoms with Gasteiger partial charge in [-0.1, -0.05) is 54.6 Å². The van der Waals surface area contributed by atoms with Crippen molar-refractivity contribution in [3.63, 3.8) is 0 Å². The number of hydrogen-bond acceptors (Lipinski definition) is 8. The third-order valence-corrected chi connectivity index (χ3v) is 6.18. The van der Waals surface area contributed by atoms with Gasteiger partial charge in [-0.2, -0.15) is 0 Å². The Morgan fingerprint density at radius 2 is 1.72 bits per heavy atom. The van der Waals surface area contributed by atoms with Gasteiger partial charge in [-0.15, -0.1) is 0 Å². The molecule has 3 N–H and O–H groups in total. The van der Waals surface area contributed by atoms with E-state index in [0.29, 0.717) is 16.6 Å². The molecule has 36 heavy (non-hydrogen) atoms. The van der Waals surface area contributed by atoms with Crippen molar-refractivity contribution in [2.24, 2.45) is 0 Å². The first kappa shape index (κ1) is 22.9. The topological polar surface area (TPSA) is 130 Å². The molecule has 2 heterocycles. The molecule has 0 aliphatic heterocycles. The molecule has 1 unspecified atom stereocenters. The summed E-state index contributed by atoms with van der Waals surface area (Å²) in [6.45, 7) is 0. The lowest BCUT2D eigenvalue weighted by molar-refractivity contribution is -0.140. The van der Waals surface area contributed by atoms with E-state index in [-0.39, 0.29) is 28.7 Å². The first-order chi connectivity index (χ1) is 17.4. The second-order valence-electron chi connectivity index (χ2n) is 8.26. The summed E-state index contributed by atoms with van der Waals surface area (Å²) in [7, 11) is 1.24. The second-order valence-corrected chi connectivity index (χ2v) is 8.26. The molecule has 2 aromatic heterocycles. The molecule has 0 saturated heterocycles. The van der Waals surface area contributed by atoms with Crippen LogP contribution < -0.4 is 5.43 Å². The van der Waals surface area contributed by atoms with Crippen LogP contribution in [0.2, 0.25) is 0 Å². The number of carbonyl (C=O) groups excluding carboxylic acids is 1. The third kappa shape index (κ3) is 3.78. The lowest BCUT2D eigenvalue weighted by atomic mass is 9.85. The maximum atomic E-state index is 13.1. The van der Waals surface area contributed by atoms with Crippen molar-refractivity contribution < 1.29 is 29.3 Å². The third-order valence-electron chi connectivity index (χ3n) is 6.18. The van der Waals surface area contributed by atoms with Crippen LogP contribution in [-0.2, 0) is 9.53 Å². The standard InChI is InChI=1S/C28H21NO7/c1-35-21(31)13-18(17-11-5-9-16-10-6-12-29-24(16)17)22-25(32)27(34)26(33)23-19(30)14-20(36-28(22)23)15-7-3-2-4-8-15/h2-12,14,18,32-34H,13H2,1H3. The minimum Gasteiger partial charge on any atom is -0.504 e. The Labute approximate surface area is 204 Å². The summed E-state index contributed by atoms with van der Waals surface area (Å²) in [4.78, 5) is 30.1. The predicted octanol–water partition coefficient (Wildman–Crippen LogP) is 4.82. The predicted molar refractivity (Wildman–Crippen MR) is 133 cm³/mol. The minimum absolute atomic E-state index is 0.0428. The highest BCUT2D eigenvalue weighted by Gasteiger charge is 2.32. The van der Waals surface area contributed by atoms with Crippen molar-refractivity contribution in [1.29, 1.82) is 0 Å². The van der Waals surface area contributed by atoms with E-state index >= 15 is 0 Å². The van der Waals surface area contributed by atoms with E-state index in [1.165, 1.54) is 13.2 Å². The highest BCUT2D eigenvalue weighted by molar-refractivity contribution is 5.94. The van der Waals surface area contributed by atoms with E-state index < -0.39 is 34.6 Å². The van der Waals surface area contributed by atoms with Crippen LogP contribution in [0.25, 0.3) is 33.2 Å². The van der Waals surface area contributed by atoms with Crippen LogP contribution in [0.5, 0.6) is 17.2 Å². The fraction of sp³-hybridized carbons (Fsp3) is 0.107. The number of aromatic nitrogens is 1. The summed E-state index contributed by atoms with van der Waals surface area (Å²) in [5.74, 6) is -3.77. The zero-order valence-corrected chi connectivity index (χ0v) is 19.1. The van der Waals surface area contributed by atoms with Gasteiger partial charge in [0.25, 0.3) is 0 Å². The van der Waals surface area contributed by atoms with Crippen molar-refractivity contribution in [3.8, 4) is 28.6 Å².